The lowest BCUT2D eigenvalue weighted by molar-refractivity contribution is 0.0656. The highest BCUT2D eigenvalue weighted by atomic mass is 35.5. The second-order valence-electron chi connectivity index (χ2n) is 8.13. The van der Waals surface area contributed by atoms with Gasteiger partial charge in [-0.3, -0.25) is 4.79 Å². The number of para-hydroxylation sites is 1. The van der Waals surface area contributed by atoms with Crippen molar-refractivity contribution in [3.63, 3.8) is 0 Å². The number of nitrogens with zero attached hydrogens (tertiary/aromatic N) is 2. The van der Waals surface area contributed by atoms with Gasteiger partial charge < -0.3 is 19.5 Å². The van der Waals surface area contributed by atoms with E-state index in [1.807, 2.05) is 11.0 Å². The standard InChI is InChI=1S/C23H31N3O2.2ClH/c1-3-24-15-18-8-11-25(12-9-18)23(27)22-20(10-13-28-22)16-26-17(2)14-19-6-4-5-7-21(19)26;;/h4-7,10,13,17-18,24H,3,8-9,11-12,14-16H2,1-2H3;2*1H. The van der Waals surface area contributed by atoms with E-state index in [1.165, 1.54) is 11.3 Å². The van der Waals surface area contributed by atoms with E-state index in [9.17, 15) is 4.79 Å². The summed E-state index contributed by atoms with van der Waals surface area (Å²) >= 11 is 0. The fourth-order valence-electron chi connectivity index (χ4n) is 4.53. The van der Waals surface area contributed by atoms with E-state index in [0.717, 1.165) is 51.0 Å². The SMILES string of the molecule is CCNCC1CCN(C(=O)c2occc2CN2c3ccccc3CC2C)CC1.Cl.Cl. The fourth-order valence-corrected chi connectivity index (χ4v) is 4.53. The number of halogens is 2. The molecule has 1 aromatic heterocycles. The molecule has 0 radical (unpaired) electrons. The maximum absolute atomic E-state index is 13.1. The highest BCUT2D eigenvalue weighted by Crippen LogP contribution is 2.34. The molecule has 1 aromatic carbocycles. The van der Waals surface area contributed by atoms with Crippen LogP contribution in [0, 0.1) is 5.92 Å². The normalized spacial score (nSPS) is 18.5. The molecule has 0 spiro atoms. The zero-order chi connectivity index (χ0) is 19.5. The van der Waals surface area contributed by atoms with Crippen LogP contribution in [0.2, 0.25) is 0 Å². The molecule has 1 fully saturated rings. The minimum Gasteiger partial charge on any atom is -0.459 e. The van der Waals surface area contributed by atoms with E-state index in [0.29, 0.717) is 24.3 Å². The zero-order valence-corrected chi connectivity index (χ0v) is 19.4. The van der Waals surface area contributed by atoms with E-state index in [4.69, 9.17) is 4.42 Å². The Kier molecular flexibility index (Phi) is 9.08. The number of fused-ring (bicyclic) bond motifs is 1. The van der Waals surface area contributed by atoms with Gasteiger partial charge in [-0.15, -0.1) is 24.8 Å². The summed E-state index contributed by atoms with van der Waals surface area (Å²) in [4.78, 5) is 17.5. The first-order chi connectivity index (χ1) is 13.7. The maximum Gasteiger partial charge on any atom is 0.289 e. The minimum absolute atomic E-state index is 0. The molecule has 2 aliphatic rings. The lowest BCUT2D eigenvalue weighted by atomic mass is 9.96. The third-order valence-corrected chi connectivity index (χ3v) is 6.21. The molecule has 1 saturated heterocycles. The summed E-state index contributed by atoms with van der Waals surface area (Å²) in [6.45, 7) is 8.79. The smallest absolute Gasteiger partial charge is 0.289 e. The third kappa shape index (κ3) is 5.13. The summed E-state index contributed by atoms with van der Waals surface area (Å²) in [6, 6.07) is 10.9. The number of hydrogen-bond acceptors (Lipinski definition) is 4. The average molecular weight is 454 g/mol. The van der Waals surface area contributed by atoms with E-state index in [-0.39, 0.29) is 30.7 Å². The molecular formula is C23H33Cl2N3O2. The van der Waals surface area contributed by atoms with Gasteiger partial charge in [0.05, 0.1) is 6.26 Å². The molecule has 1 N–H and O–H groups in total. The van der Waals surface area contributed by atoms with Crippen LogP contribution in [0.15, 0.2) is 41.0 Å². The quantitative estimate of drug-likeness (QED) is 0.697. The molecule has 0 bridgehead atoms. The van der Waals surface area contributed by atoms with Crippen molar-refractivity contribution in [1.29, 1.82) is 0 Å². The molecule has 0 aliphatic carbocycles. The van der Waals surface area contributed by atoms with E-state index >= 15 is 0 Å². The second-order valence-corrected chi connectivity index (χ2v) is 8.13. The van der Waals surface area contributed by atoms with Crippen molar-refractivity contribution in [1.82, 2.24) is 10.2 Å². The van der Waals surface area contributed by atoms with Crippen LogP contribution in [0.4, 0.5) is 5.69 Å². The minimum atomic E-state index is 0. The molecule has 0 saturated carbocycles. The lowest BCUT2D eigenvalue weighted by Crippen LogP contribution is -2.41. The topological polar surface area (TPSA) is 48.7 Å². The average Bonchev–Trinajstić information content (AvgIpc) is 3.31. The van der Waals surface area contributed by atoms with Crippen LogP contribution in [-0.2, 0) is 13.0 Å². The molecule has 1 unspecified atom stereocenters. The first-order valence-electron chi connectivity index (χ1n) is 10.6. The second kappa shape index (κ2) is 11.1. The van der Waals surface area contributed by atoms with Crippen molar-refractivity contribution in [2.45, 2.75) is 45.7 Å². The summed E-state index contributed by atoms with van der Waals surface area (Å²) in [5.74, 6) is 1.23. The molecular weight excluding hydrogens is 421 g/mol. The van der Waals surface area contributed by atoms with Crippen LogP contribution in [0.3, 0.4) is 0 Å². The van der Waals surface area contributed by atoms with Gasteiger partial charge in [0, 0.05) is 36.9 Å². The molecule has 1 atom stereocenters. The third-order valence-electron chi connectivity index (χ3n) is 6.21. The summed E-state index contributed by atoms with van der Waals surface area (Å²) in [7, 11) is 0. The van der Waals surface area contributed by atoms with Crippen LogP contribution < -0.4 is 10.2 Å². The number of hydrogen-bond donors (Lipinski definition) is 1. The predicted molar refractivity (Wildman–Crippen MR) is 126 cm³/mol. The summed E-state index contributed by atoms with van der Waals surface area (Å²) < 4.78 is 5.67. The number of carbonyl (C=O) groups excluding carboxylic acids is 1. The van der Waals surface area contributed by atoms with Crippen molar-refractivity contribution in [3.05, 3.63) is 53.5 Å². The number of benzene rings is 1. The highest BCUT2D eigenvalue weighted by molar-refractivity contribution is 5.93. The van der Waals surface area contributed by atoms with Gasteiger partial charge >= 0.3 is 0 Å². The maximum atomic E-state index is 13.1. The molecule has 3 heterocycles. The van der Waals surface area contributed by atoms with Crippen LogP contribution >= 0.6 is 24.8 Å². The summed E-state index contributed by atoms with van der Waals surface area (Å²) in [5.41, 5.74) is 3.65. The number of rotatable bonds is 6. The van der Waals surface area contributed by atoms with E-state index in [1.54, 1.807) is 6.26 Å². The van der Waals surface area contributed by atoms with Gasteiger partial charge in [0.2, 0.25) is 0 Å². The Hall–Kier alpha value is -1.69. The van der Waals surface area contributed by atoms with Crippen LogP contribution in [-0.4, -0.2) is 43.0 Å². The van der Waals surface area contributed by atoms with Crippen molar-refractivity contribution >= 4 is 36.4 Å². The summed E-state index contributed by atoms with van der Waals surface area (Å²) in [5, 5.41) is 3.42. The number of furan rings is 1. The zero-order valence-electron chi connectivity index (χ0n) is 17.8. The number of anilines is 1. The van der Waals surface area contributed by atoms with Crippen molar-refractivity contribution in [3.8, 4) is 0 Å². The van der Waals surface area contributed by atoms with Gasteiger partial charge in [0.15, 0.2) is 5.76 Å². The number of carbonyl (C=O) groups is 1. The molecule has 2 aromatic rings. The Morgan fingerprint density at radius 3 is 2.63 bits per heavy atom. The van der Waals surface area contributed by atoms with Crippen LogP contribution in [0.5, 0.6) is 0 Å². The number of nitrogens with one attached hydrogen (secondary N) is 1. The Bertz CT molecular complexity index is 818. The Labute approximate surface area is 192 Å². The van der Waals surface area contributed by atoms with Crippen molar-refractivity contribution < 1.29 is 9.21 Å². The first kappa shape index (κ1) is 24.6. The molecule has 1 amide bonds. The Morgan fingerprint density at radius 1 is 1.17 bits per heavy atom. The molecule has 30 heavy (non-hydrogen) atoms. The van der Waals surface area contributed by atoms with Gasteiger partial charge in [-0.2, -0.15) is 0 Å². The molecule has 5 nitrogen and oxygen atoms in total. The lowest BCUT2D eigenvalue weighted by Gasteiger charge is -2.32. The van der Waals surface area contributed by atoms with Gasteiger partial charge in [-0.25, -0.2) is 0 Å². The van der Waals surface area contributed by atoms with Gasteiger partial charge in [0.25, 0.3) is 5.91 Å². The monoisotopic (exact) mass is 453 g/mol. The highest BCUT2D eigenvalue weighted by Gasteiger charge is 2.30. The first-order valence-corrected chi connectivity index (χ1v) is 10.6. The summed E-state index contributed by atoms with van der Waals surface area (Å²) in [6.07, 6.45) is 4.83. The van der Waals surface area contributed by atoms with Gasteiger partial charge in [0.1, 0.15) is 0 Å². The Morgan fingerprint density at radius 2 is 1.90 bits per heavy atom. The molecule has 4 rings (SSSR count). The van der Waals surface area contributed by atoms with E-state index < -0.39 is 0 Å². The number of piperidine rings is 1. The van der Waals surface area contributed by atoms with Crippen molar-refractivity contribution in [2.75, 3.05) is 31.1 Å². The predicted octanol–water partition coefficient (Wildman–Crippen LogP) is 4.54. The number of likely N-dealkylation sites (tertiary alicyclic amines) is 1. The Balaban J connectivity index is 0.00000160. The molecule has 7 heteroatoms. The van der Waals surface area contributed by atoms with Crippen LogP contribution in [0.1, 0.15) is 48.4 Å². The van der Waals surface area contributed by atoms with Gasteiger partial charge in [-0.05, 0) is 62.9 Å². The molecule has 166 valence electrons. The largest absolute Gasteiger partial charge is 0.459 e. The van der Waals surface area contributed by atoms with Crippen LogP contribution in [0.25, 0.3) is 0 Å². The number of amides is 1. The van der Waals surface area contributed by atoms with Gasteiger partial charge in [-0.1, -0.05) is 25.1 Å². The fraction of sp³-hybridized carbons (Fsp3) is 0.522. The van der Waals surface area contributed by atoms with E-state index in [2.05, 4.69) is 48.3 Å². The van der Waals surface area contributed by atoms with Crippen molar-refractivity contribution in [2.24, 2.45) is 5.92 Å². The molecule has 2 aliphatic heterocycles.